The molecule has 2 heterocycles. The van der Waals surface area contributed by atoms with Crippen molar-refractivity contribution < 1.29 is 9.59 Å². The van der Waals surface area contributed by atoms with Gasteiger partial charge in [-0.25, -0.2) is 0 Å². The van der Waals surface area contributed by atoms with Crippen molar-refractivity contribution in [2.45, 2.75) is 25.8 Å². The normalized spacial score (nSPS) is 16.4. The zero-order valence-corrected chi connectivity index (χ0v) is 11.2. The van der Waals surface area contributed by atoms with E-state index in [4.69, 9.17) is 5.73 Å². The van der Waals surface area contributed by atoms with Gasteiger partial charge >= 0.3 is 0 Å². The van der Waals surface area contributed by atoms with E-state index in [0.717, 1.165) is 12.8 Å². The molecular formula is C12H19N5O2. The molecule has 1 saturated heterocycles. The van der Waals surface area contributed by atoms with E-state index in [1.54, 1.807) is 11.9 Å². The lowest BCUT2D eigenvalue weighted by atomic mass is 10.0. The minimum absolute atomic E-state index is 0.0272. The summed E-state index contributed by atoms with van der Waals surface area (Å²) >= 11 is 0. The molecule has 1 fully saturated rings. The topological polar surface area (TPSA) is 93.2 Å². The molecular weight excluding hydrogens is 246 g/mol. The van der Waals surface area contributed by atoms with Crippen LogP contribution in [0.1, 0.15) is 30.3 Å². The van der Waals surface area contributed by atoms with Crippen LogP contribution in [0.5, 0.6) is 0 Å². The average Bonchev–Trinajstić information content (AvgIpc) is 2.68. The van der Waals surface area contributed by atoms with Crippen molar-refractivity contribution in [3.05, 3.63) is 11.9 Å². The number of hydrogen-bond acceptors (Lipinski definition) is 4. The minimum atomic E-state index is -0.0984. The maximum Gasteiger partial charge on any atom is 0.274 e. The Kier molecular flexibility index (Phi) is 3.73. The van der Waals surface area contributed by atoms with Crippen LogP contribution in [0.2, 0.25) is 0 Å². The first kappa shape index (κ1) is 13.4. The molecule has 0 aliphatic carbocycles. The highest BCUT2D eigenvalue weighted by Gasteiger charge is 2.26. The predicted octanol–water partition coefficient (Wildman–Crippen LogP) is -0.257. The van der Waals surface area contributed by atoms with E-state index in [2.05, 4.69) is 10.4 Å². The molecule has 2 amide bonds. The maximum atomic E-state index is 12.3. The standard InChI is InChI=1S/C12H19N5O2/c1-8(18)15-9-3-5-17(6-4-9)12(19)11-10(13)7-14-16(11)2/h7,9H,3-6,13H2,1-2H3,(H,15,18). The number of rotatable bonds is 2. The number of nitrogen functional groups attached to an aromatic ring is 1. The van der Waals surface area contributed by atoms with Crippen molar-refractivity contribution in [1.29, 1.82) is 0 Å². The summed E-state index contributed by atoms with van der Waals surface area (Å²) < 4.78 is 1.50. The van der Waals surface area contributed by atoms with Crippen LogP contribution < -0.4 is 11.1 Å². The first-order valence-corrected chi connectivity index (χ1v) is 6.33. The number of anilines is 1. The third kappa shape index (κ3) is 2.86. The molecule has 1 aromatic rings. The van der Waals surface area contributed by atoms with Gasteiger partial charge in [-0.3, -0.25) is 14.3 Å². The molecule has 104 valence electrons. The lowest BCUT2D eigenvalue weighted by Crippen LogP contribution is -2.46. The molecule has 0 unspecified atom stereocenters. The van der Waals surface area contributed by atoms with E-state index in [9.17, 15) is 9.59 Å². The number of aromatic nitrogens is 2. The van der Waals surface area contributed by atoms with Crippen molar-refractivity contribution in [3.63, 3.8) is 0 Å². The van der Waals surface area contributed by atoms with Gasteiger partial charge in [0.15, 0.2) is 0 Å². The van der Waals surface area contributed by atoms with E-state index < -0.39 is 0 Å². The Labute approximate surface area is 111 Å². The first-order chi connectivity index (χ1) is 8.99. The van der Waals surface area contributed by atoms with Gasteiger partial charge in [-0.05, 0) is 12.8 Å². The van der Waals surface area contributed by atoms with Crippen molar-refractivity contribution in [2.75, 3.05) is 18.8 Å². The first-order valence-electron chi connectivity index (χ1n) is 6.33. The largest absolute Gasteiger partial charge is 0.396 e. The summed E-state index contributed by atoms with van der Waals surface area (Å²) in [4.78, 5) is 25.1. The summed E-state index contributed by atoms with van der Waals surface area (Å²) in [5.74, 6) is -0.126. The lowest BCUT2D eigenvalue weighted by molar-refractivity contribution is -0.119. The van der Waals surface area contributed by atoms with E-state index in [1.807, 2.05) is 0 Å². The monoisotopic (exact) mass is 265 g/mol. The molecule has 0 aromatic carbocycles. The highest BCUT2D eigenvalue weighted by Crippen LogP contribution is 2.17. The van der Waals surface area contributed by atoms with Gasteiger partial charge in [0.25, 0.3) is 5.91 Å². The number of nitrogens with one attached hydrogen (secondary N) is 1. The smallest absolute Gasteiger partial charge is 0.274 e. The Morgan fingerprint density at radius 2 is 2.05 bits per heavy atom. The summed E-state index contributed by atoms with van der Waals surface area (Å²) in [6.45, 7) is 2.75. The van der Waals surface area contributed by atoms with Gasteiger partial charge in [-0.1, -0.05) is 0 Å². The molecule has 0 atom stereocenters. The lowest BCUT2D eigenvalue weighted by Gasteiger charge is -2.32. The van der Waals surface area contributed by atoms with E-state index in [-0.39, 0.29) is 17.9 Å². The zero-order chi connectivity index (χ0) is 14.0. The van der Waals surface area contributed by atoms with E-state index >= 15 is 0 Å². The Bertz CT molecular complexity index is 469. The van der Waals surface area contributed by atoms with Crippen LogP contribution >= 0.6 is 0 Å². The summed E-state index contributed by atoms with van der Waals surface area (Å²) in [5, 5.41) is 6.85. The van der Waals surface area contributed by atoms with Gasteiger partial charge in [-0.15, -0.1) is 0 Å². The number of carbonyl (C=O) groups is 2. The summed E-state index contributed by atoms with van der Waals surface area (Å²) in [6, 6.07) is 0.158. The van der Waals surface area contributed by atoms with Gasteiger partial charge in [0, 0.05) is 33.1 Å². The average molecular weight is 265 g/mol. The molecule has 3 N–H and O–H groups in total. The number of nitrogens with zero attached hydrogens (tertiary/aromatic N) is 3. The Morgan fingerprint density at radius 1 is 1.42 bits per heavy atom. The molecule has 1 aliphatic rings. The number of aryl methyl sites for hydroxylation is 1. The van der Waals surface area contributed by atoms with Crippen LogP contribution in [0.4, 0.5) is 5.69 Å². The van der Waals surface area contributed by atoms with Crippen LogP contribution in [0.3, 0.4) is 0 Å². The van der Waals surface area contributed by atoms with Crippen LogP contribution in [0.15, 0.2) is 6.20 Å². The quantitative estimate of drug-likeness (QED) is 0.770. The molecule has 0 saturated carbocycles. The fourth-order valence-electron chi connectivity index (χ4n) is 2.38. The van der Waals surface area contributed by atoms with Gasteiger partial charge in [0.05, 0.1) is 11.9 Å². The van der Waals surface area contributed by atoms with Crippen molar-refractivity contribution in [3.8, 4) is 0 Å². The van der Waals surface area contributed by atoms with Gasteiger partial charge in [-0.2, -0.15) is 5.10 Å². The second kappa shape index (κ2) is 5.29. The van der Waals surface area contributed by atoms with Crippen LogP contribution in [0, 0.1) is 0 Å². The van der Waals surface area contributed by atoms with E-state index in [0.29, 0.717) is 24.5 Å². The summed E-state index contributed by atoms with van der Waals surface area (Å²) in [6.07, 6.45) is 3.02. The molecule has 1 aliphatic heterocycles. The Balaban J connectivity index is 1.98. The molecule has 1 aromatic heterocycles. The fourth-order valence-corrected chi connectivity index (χ4v) is 2.38. The number of hydrogen-bond donors (Lipinski definition) is 2. The number of carbonyl (C=O) groups excluding carboxylic acids is 2. The summed E-state index contributed by atoms with van der Waals surface area (Å²) in [7, 11) is 1.70. The maximum absolute atomic E-state index is 12.3. The molecule has 0 spiro atoms. The second-order valence-electron chi connectivity index (χ2n) is 4.84. The fraction of sp³-hybridized carbons (Fsp3) is 0.583. The minimum Gasteiger partial charge on any atom is -0.396 e. The van der Waals surface area contributed by atoms with Crippen molar-refractivity contribution in [1.82, 2.24) is 20.0 Å². The molecule has 7 nitrogen and oxygen atoms in total. The van der Waals surface area contributed by atoms with Gasteiger partial charge in [0.1, 0.15) is 5.69 Å². The molecule has 7 heteroatoms. The van der Waals surface area contributed by atoms with Gasteiger partial charge < -0.3 is 16.0 Å². The van der Waals surface area contributed by atoms with Crippen molar-refractivity contribution in [2.24, 2.45) is 7.05 Å². The van der Waals surface area contributed by atoms with Crippen LogP contribution in [-0.2, 0) is 11.8 Å². The third-order valence-corrected chi connectivity index (χ3v) is 3.36. The summed E-state index contributed by atoms with van der Waals surface area (Å²) in [5.41, 5.74) is 6.58. The zero-order valence-electron chi connectivity index (χ0n) is 11.2. The number of likely N-dealkylation sites (tertiary alicyclic amines) is 1. The molecule has 0 bridgehead atoms. The highest BCUT2D eigenvalue weighted by molar-refractivity contribution is 5.97. The SMILES string of the molecule is CC(=O)NC1CCN(C(=O)c2c(N)cnn2C)CC1. The molecule has 2 rings (SSSR count). The number of nitrogens with two attached hydrogens (primary N) is 1. The highest BCUT2D eigenvalue weighted by atomic mass is 16.2. The number of piperidine rings is 1. The van der Waals surface area contributed by atoms with E-state index in [1.165, 1.54) is 17.8 Å². The van der Waals surface area contributed by atoms with Gasteiger partial charge in [0.2, 0.25) is 5.91 Å². The third-order valence-electron chi connectivity index (χ3n) is 3.36. The Morgan fingerprint density at radius 3 is 2.53 bits per heavy atom. The number of amides is 2. The van der Waals surface area contributed by atoms with Crippen LogP contribution in [-0.4, -0.2) is 45.6 Å². The Hall–Kier alpha value is -2.05. The molecule has 19 heavy (non-hydrogen) atoms. The molecule has 0 radical (unpaired) electrons. The van der Waals surface area contributed by atoms with Crippen molar-refractivity contribution >= 4 is 17.5 Å². The van der Waals surface area contributed by atoms with Crippen LogP contribution in [0.25, 0.3) is 0 Å². The second-order valence-corrected chi connectivity index (χ2v) is 4.84. The predicted molar refractivity (Wildman–Crippen MR) is 70.4 cm³/mol.